The minimum atomic E-state index is 0.947. The van der Waals surface area contributed by atoms with E-state index in [9.17, 15) is 0 Å². The average Bonchev–Trinajstić information content (AvgIpc) is 3.99. The maximum Gasteiger partial charge on any atom is 0.0541 e. The molecule has 1 aromatic heterocycles. The van der Waals surface area contributed by atoms with Gasteiger partial charge in [-0.1, -0.05) is 206 Å². The summed E-state index contributed by atoms with van der Waals surface area (Å²) in [5, 5.41) is 7.48. The predicted molar refractivity (Wildman–Crippen MR) is 300 cm³/mol. The molecule has 14 rings (SSSR count). The van der Waals surface area contributed by atoms with Crippen molar-refractivity contribution in [1.82, 2.24) is 4.57 Å². The zero-order chi connectivity index (χ0) is 46.8. The summed E-state index contributed by atoms with van der Waals surface area (Å²) in [6.45, 7) is 0. The van der Waals surface area contributed by atoms with Crippen LogP contribution in [0.3, 0.4) is 0 Å². The van der Waals surface area contributed by atoms with Gasteiger partial charge in [0.1, 0.15) is 0 Å². The van der Waals surface area contributed by atoms with Crippen molar-refractivity contribution in [3.05, 3.63) is 278 Å². The van der Waals surface area contributed by atoms with E-state index in [1.807, 2.05) is 0 Å². The summed E-state index contributed by atoms with van der Waals surface area (Å²) in [6, 6.07) is 98.5. The van der Waals surface area contributed by atoms with E-state index < -0.39 is 0 Å². The maximum atomic E-state index is 2.46. The van der Waals surface area contributed by atoms with Gasteiger partial charge in [-0.05, 0) is 144 Å². The number of hydrogen-bond acceptors (Lipinski definition) is 1. The van der Waals surface area contributed by atoms with Crippen LogP contribution in [0.2, 0.25) is 0 Å². The molecular weight excluding hydrogens is 857 g/mol. The average molecular weight is 903 g/mol. The van der Waals surface area contributed by atoms with Crippen LogP contribution in [-0.4, -0.2) is 4.57 Å². The van der Waals surface area contributed by atoms with Crippen molar-refractivity contribution in [2.24, 2.45) is 0 Å². The number of rotatable bonds is 8. The molecule has 2 nitrogen and oxygen atoms in total. The summed E-state index contributed by atoms with van der Waals surface area (Å²) in [7, 11) is 0. The molecule has 2 heteroatoms. The van der Waals surface area contributed by atoms with Gasteiger partial charge in [0.15, 0.2) is 0 Å². The van der Waals surface area contributed by atoms with Crippen LogP contribution < -0.4 is 4.90 Å². The lowest BCUT2D eigenvalue weighted by molar-refractivity contribution is 1.18. The van der Waals surface area contributed by atoms with Crippen LogP contribution in [0.15, 0.2) is 267 Å². The van der Waals surface area contributed by atoms with E-state index in [1.165, 1.54) is 99.0 Å². The van der Waals surface area contributed by atoms with Crippen LogP contribution >= 0.6 is 0 Å². The van der Waals surface area contributed by atoms with Gasteiger partial charge in [-0.2, -0.15) is 0 Å². The fraction of sp³-hybridized carbons (Fsp3) is 0.0145. The topological polar surface area (TPSA) is 8.17 Å². The van der Waals surface area contributed by atoms with E-state index in [1.54, 1.807) is 0 Å². The number of anilines is 3. The Kier molecular flexibility index (Phi) is 9.63. The smallest absolute Gasteiger partial charge is 0.0541 e. The molecule has 0 saturated carbocycles. The van der Waals surface area contributed by atoms with Gasteiger partial charge >= 0.3 is 0 Å². The quantitative estimate of drug-likeness (QED) is 0.147. The molecule has 1 heterocycles. The van der Waals surface area contributed by atoms with Crippen LogP contribution in [0.1, 0.15) is 11.1 Å². The highest BCUT2D eigenvalue weighted by atomic mass is 15.1. The number of hydrogen-bond donors (Lipinski definition) is 0. The molecule has 0 spiro atoms. The Hall–Kier alpha value is -9.24. The Labute approximate surface area is 413 Å². The normalized spacial score (nSPS) is 11.9. The second-order valence-corrected chi connectivity index (χ2v) is 18.8. The van der Waals surface area contributed by atoms with E-state index in [0.717, 1.165) is 40.3 Å². The van der Waals surface area contributed by atoms with Crippen LogP contribution in [0.5, 0.6) is 0 Å². The summed E-state index contributed by atoms with van der Waals surface area (Å²) in [6.07, 6.45) is 0.947. The summed E-state index contributed by atoms with van der Waals surface area (Å²) >= 11 is 0. The van der Waals surface area contributed by atoms with Gasteiger partial charge in [0.25, 0.3) is 0 Å². The monoisotopic (exact) mass is 902 g/mol. The molecule has 0 bridgehead atoms. The third-order valence-electron chi connectivity index (χ3n) is 14.8. The molecule has 0 fully saturated rings. The maximum absolute atomic E-state index is 2.46. The number of nitrogens with zero attached hydrogens (tertiary/aromatic N) is 2. The third kappa shape index (κ3) is 6.87. The first-order valence-corrected chi connectivity index (χ1v) is 24.6. The highest BCUT2D eigenvalue weighted by Crippen LogP contribution is 2.47. The fourth-order valence-corrected chi connectivity index (χ4v) is 11.5. The lowest BCUT2D eigenvalue weighted by Crippen LogP contribution is -2.11. The Morgan fingerprint density at radius 1 is 0.282 bits per heavy atom. The Balaban J connectivity index is 0.984. The zero-order valence-electron chi connectivity index (χ0n) is 39.0. The van der Waals surface area contributed by atoms with Crippen LogP contribution in [0.4, 0.5) is 17.1 Å². The zero-order valence-corrected chi connectivity index (χ0v) is 39.0. The van der Waals surface area contributed by atoms with E-state index in [-0.39, 0.29) is 0 Å². The molecule has 1 aliphatic carbocycles. The number of benzene rings is 12. The molecule has 0 amide bonds. The number of para-hydroxylation sites is 3. The van der Waals surface area contributed by atoms with Crippen molar-refractivity contribution < 1.29 is 0 Å². The molecule has 332 valence electrons. The SMILES string of the molecule is c1ccc2c(c1)Cc1ccc(-c3cc(-c4ccccc4-n4c5ccccc5c5ccccc54)ccc3N(c3ccc(-c4cccc5ccccc45)cc3)c3ccc(-c4cccc5ccccc45)cc3)cc1-2. The Morgan fingerprint density at radius 2 is 0.718 bits per heavy atom. The molecule has 13 aromatic rings. The van der Waals surface area contributed by atoms with E-state index in [2.05, 4.69) is 276 Å². The Morgan fingerprint density at radius 3 is 1.35 bits per heavy atom. The molecule has 0 aliphatic heterocycles. The van der Waals surface area contributed by atoms with Gasteiger partial charge < -0.3 is 9.47 Å². The van der Waals surface area contributed by atoms with Gasteiger partial charge in [-0.15, -0.1) is 0 Å². The Bertz CT molecular complexity index is 4010. The van der Waals surface area contributed by atoms with Crippen molar-refractivity contribution in [3.8, 4) is 61.3 Å². The van der Waals surface area contributed by atoms with Crippen LogP contribution in [0, 0.1) is 0 Å². The second kappa shape index (κ2) is 16.8. The van der Waals surface area contributed by atoms with Gasteiger partial charge in [0.2, 0.25) is 0 Å². The molecule has 1 aliphatic rings. The van der Waals surface area contributed by atoms with Crippen molar-refractivity contribution in [2.75, 3.05) is 4.90 Å². The predicted octanol–water partition coefficient (Wildman–Crippen LogP) is 18.8. The highest BCUT2D eigenvalue weighted by Gasteiger charge is 2.24. The summed E-state index contributed by atoms with van der Waals surface area (Å²) in [4.78, 5) is 2.46. The number of aromatic nitrogens is 1. The van der Waals surface area contributed by atoms with Gasteiger partial charge in [-0.3, -0.25) is 0 Å². The van der Waals surface area contributed by atoms with Crippen molar-refractivity contribution in [1.29, 1.82) is 0 Å². The minimum absolute atomic E-state index is 0.947. The van der Waals surface area contributed by atoms with E-state index in [4.69, 9.17) is 0 Å². The van der Waals surface area contributed by atoms with Crippen molar-refractivity contribution in [3.63, 3.8) is 0 Å². The first-order chi connectivity index (χ1) is 35.2. The molecule has 12 aromatic carbocycles. The largest absolute Gasteiger partial charge is 0.310 e. The van der Waals surface area contributed by atoms with Gasteiger partial charge in [0.05, 0.1) is 22.4 Å². The first kappa shape index (κ1) is 40.8. The van der Waals surface area contributed by atoms with Crippen molar-refractivity contribution in [2.45, 2.75) is 6.42 Å². The van der Waals surface area contributed by atoms with Crippen molar-refractivity contribution >= 4 is 60.4 Å². The summed E-state index contributed by atoms with van der Waals surface area (Å²) in [5.41, 5.74) is 21.7. The van der Waals surface area contributed by atoms with Gasteiger partial charge in [-0.25, -0.2) is 0 Å². The standard InChI is InChI=1S/C69H46N2/c1-4-20-56-46(15-1)18-13-26-58(56)48-33-38-54(39-34-48)70(55-40-35-49(36-41-55)59-27-14-19-47-16-2-5-21-57(47)59)69-42-37-52(45-65(69)53-32-31-51-43-50-17-3-6-22-60(50)64(51)44-53)61-23-7-10-28-66(61)71-67-29-11-8-24-62(67)63-25-9-12-30-68(63)71/h1-42,44-45H,43H2. The van der Waals surface area contributed by atoms with E-state index in [0.29, 0.717) is 0 Å². The first-order valence-electron chi connectivity index (χ1n) is 24.6. The molecule has 0 N–H and O–H groups in total. The summed E-state index contributed by atoms with van der Waals surface area (Å²) < 4.78 is 2.45. The molecule has 0 unspecified atom stereocenters. The second-order valence-electron chi connectivity index (χ2n) is 18.8. The fourth-order valence-electron chi connectivity index (χ4n) is 11.5. The highest BCUT2D eigenvalue weighted by molar-refractivity contribution is 6.10. The lowest BCUT2D eigenvalue weighted by Gasteiger charge is -2.29. The lowest BCUT2D eigenvalue weighted by atomic mass is 9.92. The molecular formula is C69H46N2. The third-order valence-corrected chi connectivity index (χ3v) is 14.8. The van der Waals surface area contributed by atoms with E-state index >= 15 is 0 Å². The van der Waals surface area contributed by atoms with Crippen LogP contribution in [0.25, 0.3) is 105 Å². The molecule has 0 radical (unpaired) electrons. The van der Waals surface area contributed by atoms with Crippen LogP contribution in [-0.2, 0) is 6.42 Å². The number of fused-ring (bicyclic) bond motifs is 8. The minimum Gasteiger partial charge on any atom is -0.310 e. The molecule has 0 saturated heterocycles. The van der Waals surface area contributed by atoms with Gasteiger partial charge in [0, 0.05) is 33.3 Å². The molecule has 71 heavy (non-hydrogen) atoms. The summed E-state index contributed by atoms with van der Waals surface area (Å²) in [5.74, 6) is 0. The molecule has 0 atom stereocenters.